The van der Waals surface area contributed by atoms with Crippen LogP contribution >= 0.6 is 11.6 Å². The van der Waals surface area contributed by atoms with Gasteiger partial charge in [0.05, 0.1) is 12.2 Å². The highest BCUT2D eigenvalue weighted by molar-refractivity contribution is 6.18. The van der Waals surface area contributed by atoms with Gasteiger partial charge in [0.2, 0.25) is 0 Å². The maximum absolute atomic E-state index is 5.80. The predicted octanol–water partition coefficient (Wildman–Crippen LogP) is 1.72. The minimum atomic E-state index is 0.515. The van der Waals surface area contributed by atoms with Gasteiger partial charge in [-0.3, -0.25) is 4.90 Å². The van der Waals surface area contributed by atoms with E-state index < -0.39 is 0 Å². The lowest BCUT2D eigenvalue weighted by molar-refractivity contribution is -0.0411. The van der Waals surface area contributed by atoms with E-state index in [1.165, 1.54) is 12.8 Å². The Balaban J connectivity index is 1.81. The first-order valence-corrected chi connectivity index (χ1v) is 5.75. The van der Waals surface area contributed by atoms with Gasteiger partial charge in [0.1, 0.15) is 0 Å². The first kappa shape index (κ1) is 9.75. The van der Waals surface area contributed by atoms with Crippen LogP contribution in [0, 0.1) is 5.92 Å². The molecule has 0 spiro atoms. The summed E-state index contributed by atoms with van der Waals surface area (Å²) < 4.78 is 5.77. The van der Waals surface area contributed by atoms with Gasteiger partial charge in [-0.05, 0) is 18.8 Å². The summed E-state index contributed by atoms with van der Waals surface area (Å²) in [4.78, 5) is 2.51. The monoisotopic (exact) mass is 203 g/mol. The van der Waals surface area contributed by atoms with Crippen molar-refractivity contribution in [1.29, 1.82) is 0 Å². The van der Waals surface area contributed by atoms with Crippen LogP contribution in [0.1, 0.15) is 19.8 Å². The Labute approximate surface area is 85.2 Å². The highest BCUT2D eigenvalue weighted by Crippen LogP contribution is 2.26. The standard InChI is InChI=1S/C10H18ClNO/c1-8(4-11)5-12-6-9-2-3-10(7-12)13-9/h8-10H,2-7H2,1H3. The van der Waals surface area contributed by atoms with Crippen molar-refractivity contribution in [2.24, 2.45) is 5.92 Å². The molecule has 0 saturated carbocycles. The van der Waals surface area contributed by atoms with Crippen molar-refractivity contribution < 1.29 is 4.74 Å². The van der Waals surface area contributed by atoms with E-state index in [0.717, 1.165) is 25.5 Å². The molecule has 0 radical (unpaired) electrons. The van der Waals surface area contributed by atoms with Gasteiger partial charge in [-0.2, -0.15) is 0 Å². The van der Waals surface area contributed by atoms with Gasteiger partial charge in [0, 0.05) is 25.5 Å². The van der Waals surface area contributed by atoms with E-state index >= 15 is 0 Å². The molecule has 0 N–H and O–H groups in total. The van der Waals surface area contributed by atoms with Crippen LogP contribution in [0.4, 0.5) is 0 Å². The highest BCUT2D eigenvalue weighted by atomic mass is 35.5. The highest BCUT2D eigenvalue weighted by Gasteiger charge is 2.33. The van der Waals surface area contributed by atoms with Crippen molar-refractivity contribution in [1.82, 2.24) is 4.90 Å². The van der Waals surface area contributed by atoms with Gasteiger partial charge >= 0.3 is 0 Å². The van der Waals surface area contributed by atoms with Crippen molar-refractivity contribution >= 4 is 11.6 Å². The van der Waals surface area contributed by atoms with Gasteiger partial charge < -0.3 is 4.74 Å². The summed E-state index contributed by atoms with van der Waals surface area (Å²) >= 11 is 5.80. The van der Waals surface area contributed by atoms with Crippen molar-refractivity contribution in [2.75, 3.05) is 25.5 Å². The summed E-state index contributed by atoms with van der Waals surface area (Å²) in [6.45, 7) is 5.60. The quantitative estimate of drug-likeness (QED) is 0.648. The largest absolute Gasteiger partial charge is 0.372 e. The summed E-state index contributed by atoms with van der Waals surface area (Å²) in [5.41, 5.74) is 0. The Hall–Kier alpha value is 0.210. The van der Waals surface area contributed by atoms with E-state index in [1.54, 1.807) is 0 Å². The maximum atomic E-state index is 5.80. The molecule has 2 aliphatic rings. The smallest absolute Gasteiger partial charge is 0.0707 e. The number of fused-ring (bicyclic) bond motifs is 2. The molecule has 2 fully saturated rings. The third kappa shape index (κ3) is 2.36. The van der Waals surface area contributed by atoms with Crippen LogP contribution in [-0.4, -0.2) is 42.6 Å². The fraction of sp³-hybridized carbons (Fsp3) is 1.00. The van der Waals surface area contributed by atoms with Crippen molar-refractivity contribution in [2.45, 2.75) is 32.0 Å². The van der Waals surface area contributed by atoms with Crippen LogP contribution in [0.5, 0.6) is 0 Å². The molecule has 2 rings (SSSR count). The molecule has 2 nitrogen and oxygen atoms in total. The third-order valence-electron chi connectivity index (χ3n) is 2.95. The van der Waals surface area contributed by atoms with Gasteiger partial charge in [0.15, 0.2) is 0 Å². The Morgan fingerprint density at radius 2 is 2.00 bits per heavy atom. The van der Waals surface area contributed by atoms with Crippen LogP contribution < -0.4 is 0 Å². The average Bonchev–Trinajstić information content (AvgIpc) is 2.46. The minimum absolute atomic E-state index is 0.515. The molecule has 3 atom stereocenters. The molecule has 0 aromatic heterocycles. The van der Waals surface area contributed by atoms with E-state index in [1.807, 2.05) is 0 Å². The van der Waals surface area contributed by atoms with E-state index in [9.17, 15) is 0 Å². The number of halogens is 1. The number of nitrogens with zero attached hydrogens (tertiary/aromatic N) is 1. The first-order valence-electron chi connectivity index (χ1n) is 5.21. The molecule has 13 heavy (non-hydrogen) atoms. The summed E-state index contributed by atoms with van der Waals surface area (Å²) in [6, 6.07) is 0. The maximum Gasteiger partial charge on any atom is 0.0707 e. The fourth-order valence-electron chi connectivity index (χ4n) is 2.34. The van der Waals surface area contributed by atoms with Gasteiger partial charge in [-0.25, -0.2) is 0 Å². The second-order valence-corrected chi connectivity index (χ2v) is 4.74. The lowest BCUT2D eigenvalue weighted by atomic mass is 10.2. The fourth-order valence-corrected chi connectivity index (χ4v) is 2.44. The molecule has 0 aromatic rings. The normalized spacial score (nSPS) is 36.5. The Bertz CT molecular complexity index is 164. The van der Waals surface area contributed by atoms with Crippen LogP contribution in [0.15, 0.2) is 0 Å². The molecule has 2 saturated heterocycles. The second-order valence-electron chi connectivity index (χ2n) is 4.44. The SMILES string of the molecule is CC(CCl)CN1CC2CCC(C1)O2. The number of likely N-dealkylation sites (tertiary alicyclic amines) is 1. The Kier molecular flexibility index (Phi) is 3.12. The zero-order chi connectivity index (χ0) is 9.26. The number of morpholine rings is 1. The molecule has 2 heterocycles. The van der Waals surface area contributed by atoms with Crippen LogP contribution in [-0.2, 0) is 4.74 Å². The third-order valence-corrected chi connectivity index (χ3v) is 3.48. The van der Waals surface area contributed by atoms with Crippen molar-refractivity contribution in [3.8, 4) is 0 Å². The average molecular weight is 204 g/mol. The van der Waals surface area contributed by atoms with E-state index in [0.29, 0.717) is 18.1 Å². The first-order chi connectivity index (χ1) is 6.28. The van der Waals surface area contributed by atoms with E-state index in [4.69, 9.17) is 16.3 Å². The van der Waals surface area contributed by atoms with Crippen LogP contribution in [0.3, 0.4) is 0 Å². The topological polar surface area (TPSA) is 12.5 Å². The number of hydrogen-bond donors (Lipinski definition) is 0. The van der Waals surface area contributed by atoms with Crippen molar-refractivity contribution in [3.63, 3.8) is 0 Å². The van der Waals surface area contributed by atoms with Gasteiger partial charge in [-0.1, -0.05) is 6.92 Å². The van der Waals surface area contributed by atoms with Crippen LogP contribution in [0.25, 0.3) is 0 Å². The molecule has 3 unspecified atom stereocenters. The summed E-state index contributed by atoms with van der Waals surface area (Å²) in [6.07, 6.45) is 3.55. The van der Waals surface area contributed by atoms with Crippen molar-refractivity contribution in [3.05, 3.63) is 0 Å². The molecule has 2 bridgehead atoms. The molecule has 2 aliphatic heterocycles. The van der Waals surface area contributed by atoms with Crippen LogP contribution in [0.2, 0.25) is 0 Å². The number of alkyl halides is 1. The zero-order valence-electron chi connectivity index (χ0n) is 8.21. The second kappa shape index (κ2) is 4.16. The zero-order valence-corrected chi connectivity index (χ0v) is 8.96. The molecule has 0 aliphatic carbocycles. The lowest BCUT2D eigenvalue weighted by Crippen LogP contribution is -2.44. The summed E-state index contributed by atoms with van der Waals surface area (Å²) in [5.74, 6) is 1.38. The lowest BCUT2D eigenvalue weighted by Gasteiger charge is -2.33. The number of ether oxygens (including phenoxy) is 1. The van der Waals surface area contributed by atoms with Gasteiger partial charge in [-0.15, -0.1) is 11.6 Å². The predicted molar refractivity (Wildman–Crippen MR) is 54.2 cm³/mol. The summed E-state index contributed by atoms with van der Waals surface area (Å²) in [7, 11) is 0. The summed E-state index contributed by atoms with van der Waals surface area (Å²) in [5, 5.41) is 0. The number of rotatable bonds is 3. The Morgan fingerprint density at radius 3 is 2.54 bits per heavy atom. The number of hydrogen-bond acceptors (Lipinski definition) is 2. The molecule has 76 valence electrons. The molecule has 0 aromatic carbocycles. The molecular formula is C10H18ClNO. The Morgan fingerprint density at radius 1 is 1.38 bits per heavy atom. The molecular weight excluding hydrogens is 186 g/mol. The van der Waals surface area contributed by atoms with Gasteiger partial charge in [0.25, 0.3) is 0 Å². The van der Waals surface area contributed by atoms with E-state index in [2.05, 4.69) is 11.8 Å². The minimum Gasteiger partial charge on any atom is -0.372 e. The van der Waals surface area contributed by atoms with E-state index in [-0.39, 0.29) is 0 Å². The molecule has 0 amide bonds. The molecule has 3 heteroatoms.